The molecule has 8 heteroatoms. The Kier molecular flexibility index (Phi) is 6.60. The lowest BCUT2D eigenvalue weighted by atomic mass is 10.1. The molecule has 2 N–H and O–H groups in total. The van der Waals surface area contributed by atoms with E-state index in [2.05, 4.69) is 25.4 Å². The Bertz CT molecular complexity index is 685. The monoisotopic (exact) mass is 379 g/mol. The molecule has 0 unspecified atom stereocenters. The van der Waals surface area contributed by atoms with Crippen LogP contribution in [0.25, 0.3) is 0 Å². The third kappa shape index (κ3) is 5.89. The summed E-state index contributed by atoms with van der Waals surface area (Å²) >= 11 is 0. The van der Waals surface area contributed by atoms with Crippen LogP contribution in [0.5, 0.6) is 0 Å². The molecule has 6 nitrogen and oxygen atoms in total. The Hall–Kier alpha value is -2.22. The lowest BCUT2D eigenvalue weighted by Gasteiger charge is -2.36. The number of rotatable bonds is 6. The van der Waals surface area contributed by atoms with Gasteiger partial charge in [-0.25, -0.2) is 8.78 Å². The van der Waals surface area contributed by atoms with E-state index in [0.717, 1.165) is 57.1 Å². The average molecular weight is 379 g/mol. The van der Waals surface area contributed by atoms with Crippen LogP contribution in [0.4, 0.5) is 8.78 Å². The summed E-state index contributed by atoms with van der Waals surface area (Å²) in [5.74, 6) is 0.0170. The van der Waals surface area contributed by atoms with E-state index in [9.17, 15) is 13.6 Å². The van der Waals surface area contributed by atoms with Gasteiger partial charge in [0.2, 0.25) is 5.91 Å². The molecule has 1 aliphatic carbocycles. The second kappa shape index (κ2) is 9.12. The van der Waals surface area contributed by atoms with Crippen LogP contribution < -0.4 is 10.6 Å². The van der Waals surface area contributed by atoms with Gasteiger partial charge < -0.3 is 15.5 Å². The number of benzene rings is 1. The average Bonchev–Trinajstić information content (AvgIpc) is 3.46. The van der Waals surface area contributed by atoms with Gasteiger partial charge in [0.1, 0.15) is 11.6 Å². The van der Waals surface area contributed by atoms with Gasteiger partial charge in [-0.15, -0.1) is 0 Å². The van der Waals surface area contributed by atoms with Gasteiger partial charge in [0.15, 0.2) is 5.96 Å². The molecule has 0 spiro atoms. The van der Waals surface area contributed by atoms with E-state index in [0.29, 0.717) is 31.1 Å². The highest BCUT2D eigenvalue weighted by Crippen LogP contribution is 2.18. The van der Waals surface area contributed by atoms with Crippen molar-refractivity contribution in [1.29, 1.82) is 0 Å². The van der Waals surface area contributed by atoms with Crippen LogP contribution in [0.2, 0.25) is 0 Å². The smallest absolute Gasteiger partial charge is 0.234 e. The molecule has 1 amide bonds. The van der Waals surface area contributed by atoms with Crippen molar-refractivity contribution >= 4 is 11.9 Å². The van der Waals surface area contributed by atoms with Crippen molar-refractivity contribution in [2.75, 3.05) is 46.3 Å². The highest BCUT2D eigenvalue weighted by molar-refractivity contribution is 5.80. The quantitative estimate of drug-likeness (QED) is 0.572. The summed E-state index contributed by atoms with van der Waals surface area (Å²) in [6, 6.07) is 3.89. The molecule has 148 valence electrons. The molecule has 1 aromatic carbocycles. The van der Waals surface area contributed by atoms with Gasteiger partial charge in [0, 0.05) is 45.8 Å². The number of amides is 1. The second-order valence-electron chi connectivity index (χ2n) is 7.06. The van der Waals surface area contributed by atoms with Gasteiger partial charge in [-0.05, 0) is 43.0 Å². The first kappa shape index (κ1) is 19.5. The van der Waals surface area contributed by atoms with Gasteiger partial charge in [-0.3, -0.25) is 14.7 Å². The highest BCUT2D eigenvalue weighted by atomic mass is 19.1. The van der Waals surface area contributed by atoms with Crippen LogP contribution in [0, 0.1) is 11.6 Å². The molecule has 0 radical (unpaired) electrons. The highest BCUT2D eigenvalue weighted by Gasteiger charge is 2.25. The predicted octanol–water partition coefficient (Wildman–Crippen LogP) is 0.979. The summed E-state index contributed by atoms with van der Waals surface area (Å²) in [7, 11) is 1.71. The van der Waals surface area contributed by atoms with Gasteiger partial charge in [-0.2, -0.15) is 0 Å². The van der Waals surface area contributed by atoms with Crippen molar-refractivity contribution < 1.29 is 13.6 Å². The minimum Gasteiger partial charge on any atom is -0.356 e. The minimum atomic E-state index is -0.433. The minimum absolute atomic E-state index is 0.102. The SMILES string of the molecule is CN=C(NCCc1cc(F)ccc1F)N1CCN(CC(=O)NC2CC2)CC1. The van der Waals surface area contributed by atoms with E-state index in [1.807, 2.05) is 0 Å². The maximum absolute atomic E-state index is 13.7. The molecule has 2 fully saturated rings. The number of hydrogen-bond donors (Lipinski definition) is 2. The molecule has 27 heavy (non-hydrogen) atoms. The van der Waals surface area contributed by atoms with E-state index in [4.69, 9.17) is 0 Å². The number of halogens is 2. The van der Waals surface area contributed by atoms with Crippen molar-refractivity contribution in [1.82, 2.24) is 20.4 Å². The maximum Gasteiger partial charge on any atom is 0.234 e. The number of nitrogens with zero attached hydrogens (tertiary/aromatic N) is 3. The van der Waals surface area contributed by atoms with E-state index in [-0.39, 0.29) is 5.91 Å². The van der Waals surface area contributed by atoms with Crippen LogP contribution >= 0.6 is 0 Å². The largest absolute Gasteiger partial charge is 0.356 e. The van der Waals surface area contributed by atoms with E-state index in [1.165, 1.54) is 6.07 Å². The topological polar surface area (TPSA) is 60.0 Å². The molecule has 1 aromatic rings. The Labute approximate surface area is 158 Å². The predicted molar refractivity (Wildman–Crippen MR) is 101 cm³/mol. The van der Waals surface area contributed by atoms with Crippen molar-refractivity contribution in [3.63, 3.8) is 0 Å². The maximum atomic E-state index is 13.7. The van der Waals surface area contributed by atoms with Crippen LogP contribution in [0.3, 0.4) is 0 Å². The number of nitrogens with one attached hydrogen (secondary N) is 2. The number of carbonyl (C=O) groups excluding carboxylic acids is 1. The fourth-order valence-corrected chi connectivity index (χ4v) is 3.20. The summed E-state index contributed by atoms with van der Waals surface area (Å²) < 4.78 is 26.9. The van der Waals surface area contributed by atoms with E-state index < -0.39 is 11.6 Å². The van der Waals surface area contributed by atoms with Gasteiger partial charge >= 0.3 is 0 Å². The van der Waals surface area contributed by atoms with Crippen LogP contribution in [-0.2, 0) is 11.2 Å². The number of guanidine groups is 1. The molecule has 3 rings (SSSR count). The van der Waals surface area contributed by atoms with E-state index in [1.54, 1.807) is 7.05 Å². The molecular weight excluding hydrogens is 352 g/mol. The molecule has 0 bridgehead atoms. The summed E-state index contributed by atoms with van der Waals surface area (Å²) in [5, 5.41) is 6.22. The van der Waals surface area contributed by atoms with Crippen molar-refractivity contribution in [2.24, 2.45) is 4.99 Å². The molecule has 1 saturated carbocycles. The molecule has 0 aromatic heterocycles. The van der Waals surface area contributed by atoms with Crippen LogP contribution in [0.15, 0.2) is 23.2 Å². The van der Waals surface area contributed by atoms with Gasteiger partial charge in [-0.1, -0.05) is 0 Å². The number of carbonyl (C=O) groups is 1. The van der Waals surface area contributed by atoms with E-state index >= 15 is 0 Å². The molecule has 1 saturated heterocycles. The molecular formula is C19H27F2N5O. The fourth-order valence-electron chi connectivity index (χ4n) is 3.20. The molecule has 1 heterocycles. The third-order valence-electron chi connectivity index (χ3n) is 4.88. The van der Waals surface area contributed by atoms with Crippen molar-refractivity contribution in [3.05, 3.63) is 35.4 Å². The molecule has 0 atom stereocenters. The zero-order chi connectivity index (χ0) is 19.2. The summed E-state index contributed by atoms with van der Waals surface area (Å²) in [6.07, 6.45) is 2.58. The summed E-state index contributed by atoms with van der Waals surface area (Å²) in [6.45, 7) is 4.02. The molecule has 1 aliphatic heterocycles. The number of piperazine rings is 1. The van der Waals surface area contributed by atoms with Crippen molar-refractivity contribution in [3.8, 4) is 0 Å². The second-order valence-corrected chi connectivity index (χ2v) is 7.06. The summed E-state index contributed by atoms with van der Waals surface area (Å²) in [4.78, 5) is 20.4. The third-order valence-corrected chi connectivity index (χ3v) is 4.88. The van der Waals surface area contributed by atoms with Crippen molar-refractivity contribution in [2.45, 2.75) is 25.3 Å². The lowest BCUT2D eigenvalue weighted by Crippen LogP contribution is -2.54. The Morgan fingerprint density at radius 3 is 2.63 bits per heavy atom. The normalized spacial score (nSPS) is 18.5. The summed E-state index contributed by atoms with van der Waals surface area (Å²) in [5.41, 5.74) is 0.351. The number of aliphatic imine (C=N–C) groups is 1. The Morgan fingerprint density at radius 1 is 1.22 bits per heavy atom. The van der Waals surface area contributed by atoms with Crippen LogP contribution in [0.1, 0.15) is 18.4 Å². The lowest BCUT2D eigenvalue weighted by molar-refractivity contribution is -0.122. The standard InChI is InChI=1S/C19H27F2N5O/c1-22-19(23-7-6-14-12-15(20)2-5-17(14)21)26-10-8-25(9-11-26)13-18(27)24-16-3-4-16/h2,5,12,16H,3-4,6-11,13H2,1H3,(H,22,23)(H,24,27). The Morgan fingerprint density at radius 2 is 1.96 bits per heavy atom. The first-order valence-corrected chi connectivity index (χ1v) is 9.46. The first-order chi connectivity index (χ1) is 13.0. The first-order valence-electron chi connectivity index (χ1n) is 9.46. The van der Waals surface area contributed by atoms with Crippen LogP contribution in [-0.4, -0.2) is 74.0 Å². The van der Waals surface area contributed by atoms with Gasteiger partial charge in [0.25, 0.3) is 0 Å². The van der Waals surface area contributed by atoms with Gasteiger partial charge in [0.05, 0.1) is 6.54 Å². The fraction of sp³-hybridized carbons (Fsp3) is 0.579. The molecule has 2 aliphatic rings. The Balaban J connectivity index is 1.40. The number of hydrogen-bond acceptors (Lipinski definition) is 3. The zero-order valence-corrected chi connectivity index (χ0v) is 15.7. The zero-order valence-electron chi connectivity index (χ0n) is 15.7.